The van der Waals surface area contributed by atoms with Crippen LogP contribution in [0, 0.1) is 0 Å². The van der Waals surface area contributed by atoms with Crippen molar-refractivity contribution in [1.82, 2.24) is 0 Å². The Labute approximate surface area is 95.0 Å². The fourth-order valence-electron chi connectivity index (χ4n) is 1.50. The van der Waals surface area contributed by atoms with Gasteiger partial charge in [-0.3, -0.25) is 14.5 Å². The first-order chi connectivity index (χ1) is 7.34. The number of amides is 2. The molecule has 0 atom stereocenters. The Balaban J connectivity index is 3.18. The maximum atomic E-state index is 11.7. The fourth-order valence-corrected chi connectivity index (χ4v) is 1.50. The number of primary amides is 1. The van der Waals surface area contributed by atoms with Gasteiger partial charge in [0.05, 0.1) is 0 Å². The Kier molecular flexibility index (Phi) is 3.32. The van der Waals surface area contributed by atoms with Crippen LogP contribution in [0.1, 0.15) is 20.8 Å². The van der Waals surface area contributed by atoms with E-state index in [9.17, 15) is 9.59 Å². The van der Waals surface area contributed by atoms with E-state index in [0.717, 1.165) is 0 Å². The minimum Gasteiger partial charge on any atom is -0.361 e. The summed E-state index contributed by atoms with van der Waals surface area (Å²) < 4.78 is 0. The van der Waals surface area contributed by atoms with Crippen LogP contribution >= 0.6 is 0 Å². The van der Waals surface area contributed by atoms with Gasteiger partial charge in [-0.15, -0.1) is 0 Å². The smallest absolute Gasteiger partial charge is 0.316 e. The lowest BCUT2D eigenvalue weighted by Gasteiger charge is -2.34. The van der Waals surface area contributed by atoms with Gasteiger partial charge >= 0.3 is 11.8 Å². The maximum absolute atomic E-state index is 11.7. The van der Waals surface area contributed by atoms with Crippen molar-refractivity contribution in [2.75, 3.05) is 4.90 Å². The zero-order chi connectivity index (χ0) is 12.3. The molecule has 86 valence electrons. The van der Waals surface area contributed by atoms with Crippen molar-refractivity contribution >= 4 is 17.5 Å². The van der Waals surface area contributed by atoms with Crippen LogP contribution < -0.4 is 10.6 Å². The molecule has 16 heavy (non-hydrogen) atoms. The number of hydrogen-bond acceptors (Lipinski definition) is 2. The number of nitrogens with two attached hydrogens (primary N) is 1. The third-order valence-electron chi connectivity index (χ3n) is 2.10. The van der Waals surface area contributed by atoms with E-state index in [4.69, 9.17) is 5.73 Å². The standard InChI is InChI=1S/C12H16N2O2/c1-12(2,3)14(11(16)10(13)15)9-7-5-4-6-8-9/h4-8H,1-3H3,(H2,13,15). The molecule has 2 N–H and O–H groups in total. The molecule has 0 heterocycles. The van der Waals surface area contributed by atoms with Gasteiger partial charge in [0.25, 0.3) is 0 Å². The molecular formula is C12H16N2O2. The van der Waals surface area contributed by atoms with Gasteiger partial charge < -0.3 is 5.73 Å². The highest BCUT2D eigenvalue weighted by atomic mass is 16.2. The highest BCUT2D eigenvalue weighted by molar-refractivity contribution is 6.40. The molecule has 1 aromatic rings. The minimum absolute atomic E-state index is 0.493. The molecule has 0 saturated carbocycles. The molecule has 2 amide bonds. The zero-order valence-electron chi connectivity index (χ0n) is 9.73. The Hall–Kier alpha value is -1.84. The van der Waals surface area contributed by atoms with Crippen LogP contribution in [0.5, 0.6) is 0 Å². The Morgan fingerprint density at radius 2 is 1.62 bits per heavy atom. The molecule has 4 heteroatoms. The van der Waals surface area contributed by atoms with Crippen LogP contribution in [-0.2, 0) is 9.59 Å². The van der Waals surface area contributed by atoms with E-state index in [0.29, 0.717) is 5.69 Å². The quantitative estimate of drug-likeness (QED) is 0.725. The summed E-state index contributed by atoms with van der Waals surface area (Å²) in [5.74, 6) is -1.64. The second kappa shape index (κ2) is 4.35. The van der Waals surface area contributed by atoms with E-state index < -0.39 is 17.4 Å². The molecule has 0 aromatic heterocycles. The van der Waals surface area contributed by atoms with Crippen LogP contribution in [-0.4, -0.2) is 17.4 Å². The second-order valence-corrected chi connectivity index (χ2v) is 4.51. The fraction of sp³-hybridized carbons (Fsp3) is 0.333. The van der Waals surface area contributed by atoms with Gasteiger partial charge in [-0.1, -0.05) is 18.2 Å². The van der Waals surface area contributed by atoms with Gasteiger partial charge in [-0.05, 0) is 32.9 Å². The largest absolute Gasteiger partial charge is 0.361 e. The number of carbonyl (C=O) groups excluding carboxylic acids is 2. The Bertz CT molecular complexity index is 393. The molecule has 1 aromatic carbocycles. The second-order valence-electron chi connectivity index (χ2n) is 4.51. The molecular weight excluding hydrogens is 204 g/mol. The summed E-state index contributed by atoms with van der Waals surface area (Å²) in [7, 11) is 0. The first-order valence-corrected chi connectivity index (χ1v) is 5.03. The Morgan fingerprint density at radius 1 is 1.12 bits per heavy atom. The molecule has 0 spiro atoms. The van der Waals surface area contributed by atoms with Gasteiger partial charge in [0, 0.05) is 11.2 Å². The average Bonchev–Trinajstić information content (AvgIpc) is 2.17. The van der Waals surface area contributed by atoms with Crippen molar-refractivity contribution in [2.45, 2.75) is 26.3 Å². The number of nitrogens with zero attached hydrogens (tertiary/aromatic N) is 1. The Morgan fingerprint density at radius 3 is 2.00 bits per heavy atom. The van der Waals surface area contributed by atoms with E-state index in [1.54, 1.807) is 12.1 Å². The third kappa shape index (κ3) is 2.59. The molecule has 0 aliphatic rings. The van der Waals surface area contributed by atoms with Crippen molar-refractivity contribution in [2.24, 2.45) is 5.73 Å². The first kappa shape index (κ1) is 12.2. The van der Waals surface area contributed by atoms with E-state index in [1.165, 1.54) is 4.90 Å². The maximum Gasteiger partial charge on any atom is 0.316 e. The average molecular weight is 220 g/mol. The molecule has 1 rings (SSSR count). The zero-order valence-corrected chi connectivity index (χ0v) is 9.73. The van der Waals surface area contributed by atoms with Crippen molar-refractivity contribution in [1.29, 1.82) is 0 Å². The van der Waals surface area contributed by atoms with E-state index in [1.807, 2.05) is 39.0 Å². The number of anilines is 1. The van der Waals surface area contributed by atoms with Gasteiger partial charge in [0.2, 0.25) is 0 Å². The molecule has 0 unspecified atom stereocenters. The highest BCUT2D eigenvalue weighted by Gasteiger charge is 2.30. The van der Waals surface area contributed by atoms with Crippen LogP contribution in [0.15, 0.2) is 30.3 Å². The van der Waals surface area contributed by atoms with Crippen molar-refractivity contribution in [3.05, 3.63) is 30.3 Å². The molecule has 0 aliphatic heterocycles. The van der Waals surface area contributed by atoms with Crippen LogP contribution in [0.4, 0.5) is 5.69 Å². The predicted octanol–water partition coefficient (Wildman–Crippen LogP) is 1.30. The summed E-state index contributed by atoms with van der Waals surface area (Å²) in [4.78, 5) is 24.1. The van der Waals surface area contributed by atoms with Gasteiger partial charge in [-0.25, -0.2) is 0 Å². The van der Waals surface area contributed by atoms with Gasteiger partial charge in [0.1, 0.15) is 0 Å². The molecule has 0 radical (unpaired) electrons. The van der Waals surface area contributed by atoms with Crippen LogP contribution in [0.2, 0.25) is 0 Å². The van der Waals surface area contributed by atoms with Crippen LogP contribution in [0.3, 0.4) is 0 Å². The lowest BCUT2D eigenvalue weighted by atomic mass is 10.0. The lowest BCUT2D eigenvalue weighted by molar-refractivity contribution is -0.136. The number of benzene rings is 1. The van der Waals surface area contributed by atoms with Crippen molar-refractivity contribution < 1.29 is 9.59 Å². The summed E-state index contributed by atoms with van der Waals surface area (Å²) in [6.45, 7) is 5.54. The number of carbonyl (C=O) groups is 2. The number of rotatable bonds is 1. The molecule has 0 saturated heterocycles. The molecule has 0 fully saturated rings. The van der Waals surface area contributed by atoms with E-state index in [-0.39, 0.29) is 0 Å². The number of hydrogen-bond donors (Lipinski definition) is 1. The summed E-state index contributed by atoms with van der Waals surface area (Å²) in [5, 5.41) is 0. The molecule has 0 aliphatic carbocycles. The first-order valence-electron chi connectivity index (χ1n) is 5.03. The third-order valence-corrected chi connectivity index (χ3v) is 2.10. The predicted molar refractivity (Wildman–Crippen MR) is 62.9 cm³/mol. The van der Waals surface area contributed by atoms with Gasteiger partial charge in [-0.2, -0.15) is 0 Å². The number of para-hydroxylation sites is 1. The normalized spacial score (nSPS) is 10.9. The lowest BCUT2D eigenvalue weighted by Crippen LogP contribution is -2.50. The topological polar surface area (TPSA) is 63.4 Å². The molecule has 0 bridgehead atoms. The van der Waals surface area contributed by atoms with Gasteiger partial charge in [0.15, 0.2) is 0 Å². The minimum atomic E-state index is -0.946. The van der Waals surface area contributed by atoms with Crippen molar-refractivity contribution in [3.8, 4) is 0 Å². The summed E-state index contributed by atoms with van der Waals surface area (Å²) in [5.41, 5.74) is 5.21. The summed E-state index contributed by atoms with van der Waals surface area (Å²) in [6, 6.07) is 9.00. The monoisotopic (exact) mass is 220 g/mol. The van der Waals surface area contributed by atoms with Crippen molar-refractivity contribution in [3.63, 3.8) is 0 Å². The molecule has 4 nitrogen and oxygen atoms in total. The van der Waals surface area contributed by atoms with E-state index in [2.05, 4.69) is 0 Å². The summed E-state index contributed by atoms with van der Waals surface area (Å²) in [6.07, 6.45) is 0. The summed E-state index contributed by atoms with van der Waals surface area (Å²) >= 11 is 0. The van der Waals surface area contributed by atoms with Crippen LogP contribution in [0.25, 0.3) is 0 Å². The highest BCUT2D eigenvalue weighted by Crippen LogP contribution is 2.23. The SMILES string of the molecule is CC(C)(C)N(C(=O)C(N)=O)c1ccccc1. The van der Waals surface area contributed by atoms with E-state index >= 15 is 0 Å².